The topological polar surface area (TPSA) is 29.9 Å². The molecule has 0 fully saturated rings. The van der Waals surface area contributed by atoms with Gasteiger partial charge in [0.2, 0.25) is 0 Å². The first-order valence-electron chi connectivity index (χ1n) is 5.58. The summed E-state index contributed by atoms with van der Waals surface area (Å²) in [5.74, 6) is 0. The maximum Gasteiger partial charge on any atom is 0.102 e. The number of halogens is 3. The van der Waals surface area contributed by atoms with Crippen molar-refractivity contribution < 1.29 is 0 Å². The largest absolute Gasteiger partial charge is 0.312 e. The lowest BCUT2D eigenvalue weighted by molar-refractivity contribution is 0.623. The molecule has 2 heterocycles. The second kappa shape index (κ2) is 4.74. The summed E-state index contributed by atoms with van der Waals surface area (Å²) in [5.41, 5.74) is 3.04. The molecule has 0 saturated carbocycles. The van der Waals surface area contributed by atoms with E-state index in [1.165, 1.54) is 5.56 Å². The van der Waals surface area contributed by atoms with E-state index in [-0.39, 0.29) is 0 Å². The Morgan fingerprint density at radius 1 is 1.17 bits per heavy atom. The van der Waals surface area contributed by atoms with Crippen LogP contribution in [0.5, 0.6) is 0 Å². The summed E-state index contributed by atoms with van der Waals surface area (Å²) in [6, 6.07) is 3.36. The van der Waals surface area contributed by atoms with Crippen LogP contribution >= 0.6 is 34.8 Å². The quantitative estimate of drug-likeness (QED) is 0.874. The van der Waals surface area contributed by atoms with Gasteiger partial charge in [-0.2, -0.15) is 5.10 Å². The fraction of sp³-hybridized carbons (Fsp3) is 0.250. The first-order chi connectivity index (χ1) is 8.66. The van der Waals surface area contributed by atoms with Crippen molar-refractivity contribution in [3.05, 3.63) is 44.7 Å². The molecule has 2 aromatic rings. The predicted octanol–water partition coefficient (Wildman–Crippen LogP) is 3.48. The van der Waals surface area contributed by atoms with E-state index >= 15 is 0 Å². The second-order valence-corrected chi connectivity index (χ2v) is 5.42. The zero-order chi connectivity index (χ0) is 12.7. The Morgan fingerprint density at radius 2 is 1.89 bits per heavy atom. The summed E-state index contributed by atoms with van der Waals surface area (Å²) < 4.78 is 1.82. The molecule has 1 N–H and O–H groups in total. The fourth-order valence-corrected chi connectivity index (χ4v) is 3.16. The van der Waals surface area contributed by atoms with Crippen LogP contribution in [-0.2, 0) is 13.0 Å². The molecule has 0 aliphatic carbocycles. The van der Waals surface area contributed by atoms with Crippen molar-refractivity contribution in [1.82, 2.24) is 15.1 Å². The van der Waals surface area contributed by atoms with E-state index in [1.807, 2.05) is 10.9 Å². The Hall–Kier alpha value is -0.740. The summed E-state index contributed by atoms with van der Waals surface area (Å²) in [4.78, 5) is 0. The predicted molar refractivity (Wildman–Crippen MR) is 74.0 cm³/mol. The third-order valence-electron chi connectivity index (χ3n) is 3.00. The van der Waals surface area contributed by atoms with Gasteiger partial charge in [-0.05, 0) is 12.1 Å². The number of hydrogen-bond donors (Lipinski definition) is 1. The van der Waals surface area contributed by atoms with Crippen LogP contribution in [0.3, 0.4) is 0 Å². The van der Waals surface area contributed by atoms with Gasteiger partial charge < -0.3 is 5.32 Å². The van der Waals surface area contributed by atoms with E-state index in [0.29, 0.717) is 20.8 Å². The van der Waals surface area contributed by atoms with Crippen LogP contribution in [0, 0.1) is 0 Å². The van der Waals surface area contributed by atoms with Gasteiger partial charge in [0.05, 0.1) is 21.9 Å². The third kappa shape index (κ3) is 2.01. The van der Waals surface area contributed by atoms with Crippen LogP contribution in [0.4, 0.5) is 0 Å². The summed E-state index contributed by atoms with van der Waals surface area (Å²) in [6.07, 6.45) is 2.76. The molecule has 1 aromatic carbocycles. The summed E-state index contributed by atoms with van der Waals surface area (Å²) >= 11 is 18.4. The van der Waals surface area contributed by atoms with E-state index < -0.39 is 0 Å². The number of rotatable bonds is 1. The van der Waals surface area contributed by atoms with Crippen molar-refractivity contribution >= 4 is 34.8 Å². The molecule has 0 atom stereocenters. The van der Waals surface area contributed by atoms with Crippen LogP contribution < -0.4 is 5.32 Å². The molecule has 3 nitrogen and oxygen atoms in total. The fourth-order valence-electron chi connectivity index (χ4n) is 2.18. The number of hydrogen-bond acceptors (Lipinski definition) is 2. The van der Waals surface area contributed by atoms with E-state index in [1.54, 1.807) is 12.1 Å². The van der Waals surface area contributed by atoms with Crippen molar-refractivity contribution in [2.24, 2.45) is 0 Å². The van der Waals surface area contributed by atoms with Gasteiger partial charge in [-0.3, -0.25) is 0 Å². The van der Waals surface area contributed by atoms with Crippen molar-refractivity contribution in [3.8, 4) is 5.69 Å². The molecule has 0 bridgehead atoms. The molecule has 6 heteroatoms. The molecule has 0 spiro atoms. The van der Waals surface area contributed by atoms with Crippen LogP contribution in [0.25, 0.3) is 5.69 Å². The highest BCUT2D eigenvalue weighted by Crippen LogP contribution is 2.33. The number of nitrogens with zero attached hydrogens (tertiary/aromatic N) is 2. The molecule has 1 aliphatic rings. The minimum absolute atomic E-state index is 0.511. The Bertz CT molecular complexity index is 584. The van der Waals surface area contributed by atoms with Gasteiger partial charge in [0.25, 0.3) is 0 Å². The molecular formula is C12H10Cl3N3. The molecular weight excluding hydrogens is 293 g/mol. The normalized spacial score (nSPS) is 14.6. The monoisotopic (exact) mass is 301 g/mol. The standard InChI is InChI=1S/C12H10Cl3N3/c13-8-3-9(14)12(10(15)4-8)18-11-1-2-16-5-7(11)6-17-18/h3-4,6,16H,1-2,5H2. The zero-order valence-corrected chi connectivity index (χ0v) is 11.6. The Balaban J connectivity index is 2.18. The zero-order valence-electron chi connectivity index (χ0n) is 9.38. The summed E-state index contributed by atoms with van der Waals surface area (Å²) in [7, 11) is 0. The van der Waals surface area contributed by atoms with Gasteiger partial charge in [0, 0.05) is 30.1 Å². The van der Waals surface area contributed by atoms with Crippen LogP contribution in [0.2, 0.25) is 15.1 Å². The van der Waals surface area contributed by atoms with Gasteiger partial charge in [-0.15, -0.1) is 0 Å². The van der Waals surface area contributed by atoms with Crippen LogP contribution in [-0.4, -0.2) is 16.3 Å². The molecule has 0 radical (unpaired) electrons. The highest BCUT2D eigenvalue weighted by molar-refractivity contribution is 6.40. The van der Waals surface area contributed by atoms with Crippen molar-refractivity contribution in [2.75, 3.05) is 6.54 Å². The molecule has 0 saturated heterocycles. The molecule has 3 rings (SSSR count). The first-order valence-corrected chi connectivity index (χ1v) is 6.71. The molecule has 94 valence electrons. The molecule has 0 amide bonds. The summed E-state index contributed by atoms with van der Waals surface area (Å²) in [6.45, 7) is 1.76. The van der Waals surface area contributed by atoms with Gasteiger partial charge in [-0.25, -0.2) is 4.68 Å². The average molecular weight is 303 g/mol. The minimum Gasteiger partial charge on any atom is -0.312 e. The molecule has 1 aliphatic heterocycles. The van der Waals surface area contributed by atoms with E-state index in [4.69, 9.17) is 34.8 Å². The van der Waals surface area contributed by atoms with Gasteiger partial charge >= 0.3 is 0 Å². The number of fused-ring (bicyclic) bond motifs is 1. The van der Waals surface area contributed by atoms with E-state index in [2.05, 4.69) is 10.4 Å². The summed E-state index contributed by atoms with van der Waals surface area (Å²) in [5, 5.41) is 9.23. The van der Waals surface area contributed by atoms with E-state index in [9.17, 15) is 0 Å². The Labute approximate surface area is 120 Å². The lowest BCUT2D eigenvalue weighted by Crippen LogP contribution is -2.24. The van der Waals surface area contributed by atoms with Gasteiger partial charge in [0.15, 0.2) is 0 Å². The first kappa shape index (κ1) is 12.3. The third-order valence-corrected chi connectivity index (χ3v) is 3.80. The average Bonchev–Trinajstić information content (AvgIpc) is 2.72. The van der Waals surface area contributed by atoms with Gasteiger partial charge in [0.1, 0.15) is 5.69 Å². The molecule has 18 heavy (non-hydrogen) atoms. The number of aromatic nitrogens is 2. The van der Waals surface area contributed by atoms with Crippen LogP contribution in [0.1, 0.15) is 11.3 Å². The SMILES string of the molecule is Clc1cc(Cl)c(-n2ncc3c2CCNC3)c(Cl)c1. The highest BCUT2D eigenvalue weighted by Gasteiger charge is 2.19. The minimum atomic E-state index is 0.511. The molecule has 0 unspecified atom stereocenters. The van der Waals surface area contributed by atoms with Crippen LogP contribution in [0.15, 0.2) is 18.3 Å². The lowest BCUT2D eigenvalue weighted by Gasteiger charge is -2.16. The number of benzene rings is 1. The Kier molecular flexibility index (Phi) is 3.24. The molecule has 1 aromatic heterocycles. The second-order valence-electron chi connectivity index (χ2n) is 4.17. The van der Waals surface area contributed by atoms with Crippen molar-refractivity contribution in [1.29, 1.82) is 0 Å². The lowest BCUT2D eigenvalue weighted by atomic mass is 10.1. The van der Waals surface area contributed by atoms with Crippen molar-refractivity contribution in [3.63, 3.8) is 0 Å². The maximum atomic E-state index is 6.22. The maximum absolute atomic E-state index is 6.22. The van der Waals surface area contributed by atoms with Gasteiger partial charge in [-0.1, -0.05) is 34.8 Å². The van der Waals surface area contributed by atoms with E-state index in [0.717, 1.165) is 25.2 Å². The smallest absolute Gasteiger partial charge is 0.102 e. The highest BCUT2D eigenvalue weighted by atomic mass is 35.5. The Morgan fingerprint density at radius 3 is 2.61 bits per heavy atom. The number of nitrogens with one attached hydrogen (secondary N) is 1. The van der Waals surface area contributed by atoms with Crippen molar-refractivity contribution in [2.45, 2.75) is 13.0 Å².